The maximum absolute atomic E-state index is 13.6. The van der Waals surface area contributed by atoms with Crippen molar-refractivity contribution in [2.75, 3.05) is 33.7 Å². The lowest BCUT2D eigenvalue weighted by Crippen LogP contribution is -2.33. The molecule has 4 rings (SSSR count). The number of aryl methyl sites for hydroxylation is 1. The van der Waals surface area contributed by atoms with Gasteiger partial charge in [-0.1, -0.05) is 30.3 Å². The lowest BCUT2D eigenvalue weighted by molar-refractivity contribution is -0.137. The second-order valence-corrected chi connectivity index (χ2v) is 8.71. The summed E-state index contributed by atoms with van der Waals surface area (Å²) in [4.78, 5) is 14.7. The van der Waals surface area contributed by atoms with E-state index in [-0.39, 0.29) is 5.56 Å². The van der Waals surface area contributed by atoms with E-state index in [4.69, 9.17) is 5.10 Å². The Hall–Kier alpha value is -3.33. The van der Waals surface area contributed by atoms with Crippen LogP contribution in [0, 0.1) is 0 Å². The van der Waals surface area contributed by atoms with E-state index in [9.17, 15) is 23.1 Å². The number of hydrogen-bond donors (Lipinski definition) is 1. The molecule has 0 radical (unpaired) electrons. The van der Waals surface area contributed by atoms with Gasteiger partial charge in [0.2, 0.25) is 0 Å². The SMILES string of the molecule is CN(C)CCCn1nc2cc(-c3ccccc3C(F)(F)F)ccc2c1C1=CCN(C(=O)O)CC1. The highest BCUT2D eigenvalue weighted by atomic mass is 19.4. The molecule has 2 aromatic carbocycles. The Morgan fingerprint density at radius 2 is 1.94 bits per heavy atom. The number of aromatic nitrogens is 2. The Labute approximate surface area is 195 Å². The lowest BCUT2D eigenvalue weighted by Gasteiger charge is -2.24. The molecule has 180 valence electrons. The number of alkyl halides is 3. The summed E-state index contributed by atoms with van der Waals surface area (Å²) < 4.78 is 42.6. The third-order valence-corrected chi connectivity index (χ3v) is 6.04. The number of carbonyl (C=O) groups is 1. The minimum Gasteiger partial charge on any atom is -0.465 e. The Balaban J connectivity index is 1.78. The fraction of sp³-hybridized carbons (Fsp3) is 0.360. The van der Waals surface area contributed by atoms with Crippen molar-refractivity contribution in [1.29, 1.82) is 0 Å². The molecular weight excluding hydrogens is 445 g/mol. The van der Waals surface area contributed by atoms with Crippen molar-refractivity contribution < 1.29 is 23.1 Å². The van der Waals surface area contributed by atoms with Gasteiger partial charge in [-0.15, -0.1) is 0 Å². The molecule has 0 saturated carbocycles. The van der Waals surface area contributed by atoms with E-state index in [0.29, 0.717) is 37.1 Å². The largest absolute Gasteiger partial charge is 0.465 e. The van der Waals surface area contributed by atoms with Gasteiger partial charge in [-0.05, 0) is 68.4 Å². The fourth-order valence-electron chi connectivity index (χ4n) is 4.38. The van der Waals surface area contributed by atoms with Gasteiger partial charge in [0.05, 0.1) is 16.8 Å². The molecule has 34 heavy (non-hydrogen) atoms. The van der Waals surface area contributed by atoms with E-state index in [1.165, 1.54) is 17.0 Å². The minimum absolute atomic E-state index is 0.120. The first-order valence-corrected chi connectivity index (χ1v) is 11.1. The summed E-state index contributed by atoms with van der Waals surface area (Å²) in [6.45, 7) is 2.21. The Morgan fingerprint density at radius 3 is 2.59 bits per heavy atom. The highest BCUT2D eigenvalue weighted by Gasteiger charge is 2.33. The highest BCUT2D eigenvalue weighted by molar-refractivity contribution is 5.94. The summed E-state index contributed by atoms with van der Waals surface area (Å²) in [6, 6.07) is 10.8. The van der Waals surface area contributed by atoms with Crippen LogP contribution in [0.1, 0.15) is 24.1 Å². The summed E-state index contributed by atoms with van der Waals surface area (Å²) in [5.41, 5.74) is 2.44. The molecule has 0 aliphatic carbocycles. The van der Waals surface area contributed by atoms with Crippen LogP contribution >= 0.6 is 0 Å². The topological polar surface area (TPSA) is 61.6 Å². The van der Waals surface area contributed by atoms with Crippen molar-refractivity contribution in [2.24, 2.45) is 0 Å². The average molecular weight is 473 g/mol. The normalized spacial score (nSPS) is 14.6. The van der Waals surface area contributed by atoms with Crippen molar-refractivity contribution in [3.8, 4) is 11.1 Å². The van der Waals surface area contributed by atoms with Crippen molar-refractivity contribution >= 4 is 22.6 Å². The smallest absolute Gasteiger partial charge is 0.417 e. The van der Waals surface area contributed by atoms with Crippen LogP contribution in [-0.4, -0.2) is 64.5 Å². The summed E-state index contributed by atoms with van der Waals surface area (Å²) >= 11 is 0. The quantitative estimate of drug-likeness (QED) is 0.519. The van der Waals surface area contributed by atoms with Gasteiger partial charge in [-0.25, -0.2) is 4.79 Å². The van der Waals surface area contributed by atoms with E-state index in [1.807, 2.05) is 30.9 Å². The van der Waals surface area contributed by atoms with Crippen LogP contribution in [-0.2, 0) is 12.7 Å². The summed E-state index contributed by atoms with van der Waals surface area (Å²) in [5.74, 6) is 0. The second kappa shape index (κ2) is 9.50. The number of halogens is 3. The summed E-state index contributed by atoms with van der Waals surface area (Å²) in [7, 11) is 3.99. The number of fused-ring (bicyclic) bond motifs is 1. The number of amides is 1. The Bertz CT molecular complexity index is 1230. The van der Waals surface area contributed by atoms with Gasteiger partial charge in [-0.2, -0.15) is 18.3 Å². The van der Waals surface area contributed by atoms with E-state index >= 15 is 0 Å². The molecule has 0 atom stereocenters. The molecule has 1 aromatic heterocycles. The van der Waals surface area contributed by atoms with Crippen molar-refractivity contribution in [2.45, 2.75) is 25.6 Å². The van der Waals surface area contributed by atoms with E-state index in [0.717, 1.165) is 35.7 Å². The van der Waals surface area contributed by atoms with E-state index < -0.39 is 17.8 Å². The highest BCUT2D eigenvalue weighted by Crippen LogP contribution is 2.38. The van der Waals surface area contributed by atoms with Gasteiger partial charge >= 0.3 is 12.3 Å². The van der Waals surface area contributed by atoms with Gasteiger partial charge in [0.25, 0.3) is 0 Å². The van der Waals surface area contributed by atoms with Crippen LogP contribution in [0.25, 0.3) is 27.6 Å². The van der Waals surface area contributed by atoms with Crippen LogP contribution in [0.2, 0.25) is 0 Å². The first-order chi connectivity index (χ1) is 16.1. The predicted molar refractivity (Wildman–Crippen MR) is 126 cm³/mol. The van der Waals surface area contributed by atoms with Gasteiger partial charge in [-0.3, -0.25) is 4.68 Å². The molecule has 1 N–H and O–H groups in total. The molecular formula is C25H27F3N4O2. The third-order valence-electron chi connectivity index (χ3n) is 6.04. The molecule has 1 amide bonds. The Morgan fingerprint density at radius 1 is 1.18 bits per heavy atom. The number of benzene rings is 2. The molecule has 1 aliphatic heterocycles. The van der Waals surface area contributed by atoms with Crippen LogP contribution in [0.3, 0.4) is 0 Å². The van der Waals surface area contributed by atoms with Crippen LogP contribution in [0.5, 0.6) is 0 Å². The first kappa shape index (κ1) is 23.8. The maximum atomic E-state index is 13.6. The van der Waals surface area contributed by atoms with Gasteiger partial charge in [0.15, 0.2) is 0 Å². The minimum atomic E-state index is -4.45. The molecule has 1 aliphatic rings. The van der Waals surface area contributed by atoms with Crippen LogP contribution < -0.4 is 0 Å². The third kappa shape index (κ3) is 4.94. The fourth-order valence-corrected chi connectivity index (χ4v) is 4.38. The number of nitrogens with zero attached hydrogens (tertiary/aromatic N) is 4. The molecule has 2 heterocycles. The zero-order chi connectivity index (χ0) is 24.5. The lowest BCUT2D eigenvalue weighted by atomic mass is 9.96. The monoisotopic (exact) mass is 472 g/mol. The maximum Gasteiger partial charge on any atom is 0.417 e. The molecule has 0 unspecified atom stereocenters. The van der Waals surface area contributed by atoms with Crippen LogP contribution in [0.15, 0.2) is 48.5 Å². The zero-order valence-electron chi connectivity index (χ0n) is 19.1. The second-order valence-electron chi connectivity index (χ2n) is 8.71. The van der Waals surface area contributed by atoms with Crippen molar-refractivity contribution in [1.82, 2.24) is 19.6 Å². The van der Waals surface area contributed by atoms with Crippen molar-refractivity contribution in [3.63, 3.8) is 0 Å². The average Bonchev–Trinajstić information content (AvgIpc) is 3.15. The van der Waals surface area contributed by atoms with Gasteiger partial charge in [0.1, 0.15) is 0 Å². The molecule has 3 aromatic rings. The van der Waals surface area contributed by atoms with Crippen LogP contribution in [0.4, 0.5) is 18.0 Å². The standard InChI is InChI=1S/C25H27F3N4O2/c1-30(2)12-5-13-32-23(17-10-14-31(15-11-17)24(33)34)20-9-8-18(16-22(20)29-32)19-6-3-4-7-21(19)25(26,27)28/h3-4,6-10,16H,5,11-15H2,1-2H3,(H,33,34). The van der Waals surface area contributed by atoms with Gasteiger partial charge < -0.3 is 14.9 Å². The molecule has 6 nitrogen and oxygen atoms in total. The summed E-state index contributed by atoms with van der Waals surface area (Å²) in [5, 5.41) is 14.9. The molecule has 0 fully saturated rings. The van der Waals surface area contributed by atoms with Gasteiger partial charge in [0, 0.05) is 25.0 Å². The molecule has 9 heteroatoms. The first-order valence-electron chi connectivity index (χ1n) is 11.1. The molecule has 0 spiro atoms. The number of hydrogen-bond acceptors (Lipinski definition) is 3. The molecule has 0 saturated heterocycles. The van der Waals surface area contributed by atoms with E-state index in [1.54, 1.807) is 18.2 Å². The number of rotatable bonds is 6. The Kier molecular flexibility index (Phi) is 6.65. The predicted octanol–water partition coefficient (Wildman–Crippen LogP) is 5.44. The van der Waals surface area contributed by atoms with E-state index in [2.05, 4.69) is 4.90 Å². The number of carboxylic acid groups (broad SMARTS) is 1. The summed E-state index contributed by atoms with van der Waals surface area (Å²) in [6.07, 6.45) is -2.09. The zero-order valence-corrected chi connectivity index (χ0v) is 19.1. The van der Waals surface area contributed by atoms with Crippen molar-refractivity contribution in [3.05, 3.63) is 59.8 Å². The molecule has 0 bridgehead atoms.